The van der Waals surface area contributed by atoms with Crippen molar-refractivity contribution in [2.45, 2.75) is 13.8 Å². The fourth-order valence-corrected chi connectivity index (χ4v) is 3.93. The molecule has 2 amide bonds. The minimum atomic E-state index is -0.379. The minimum Gasteiger partial charge on any atom is -0.455 e. The van der Waals surface area contributed by atoms with E-state index in [1.165, 1.54) is 19.2 Å². The molecule has 0 spiro atoms. The van der Waals surface area contributed by atoms with E-state index in [-0.39, 0.29) is 17.6 Å². The van der Waals surface area contributed by atoms with Crippen LogP contribution in [0.2, 0.25) is 5.02 Å². The summed E-state index contributed by atoms with van der Waals surface area (Å²) >= 11 is 6.49. The second kappa shape index (κ2) is 9.69. The SMILES string of the molecule is CNC(=O)c1c(-c2ccc(F)cc2)oc2ccc(-c3cc(C(=O)NCC(C)C)ccc3Cl)cc12. The molecule has 0 radical (unpaired) electrons. The molecule has 0 unspecified atom stereocenters. The van der Waals surface area contributed by atoms with Crippen LogP contribution in [0, 0.1) is 11.7 Å². The van der Waals surface area contributed by atoms with Gasteiger partial charge in [0.1, 0.15) is 17.2 Å². The number of rotatable bonds is 6. The molecule has 0 aliphatic carbocycles. The van der Waals surface area contributed by atoms with Crippen LogP contribution >= 0.6 is 11.6 Å². The summed E-state index contributed by atoms with van der Waals surface area (Å²) in [4.78, 5) is 25.4. The van der Waals surface area contributed by atoms with Crippen molar-refractivity contribution in [1.82, 2.24) is 10.6 Å². The fourth-order valence-electron chi connectivity index (χ4n) is 3.71. The molecule has 34 heavy (non-hydrogen) atoms. The van der Waals surface area contributed by atoms with E-state index >= 15 is 0 Å². The number of carbonyl (C=O) groups is 2. The highest BCUT2D eigenvalue weighted by Crippen LogP contribution is 2.37. The van der Waals surface area contributed by atoms with Gasteiger partial charge in [-0.15, -0.1) is 0 Å². The maximum Gasteiger partial charge on any atom is 0.255 e. The predicted octanol–water partition coefficient (Wildman–Crippen LogP) is 6.30. The lowest BCUT2D eigenvalue weighted by Gasteiger charge is -2.10. The Labute approximate surface area is 201 Å². The van der Waals surface area contributed by atoms with E-state index in [0.29, 0.717) is 56.5 Å². The van der Waals surface area contributed by atoms with Crippen LogP contribution in [0.4, 0.5) is 4.39 Å². The molecule has 1 heterocycles. The van der Waals surface area contributed by atoms with Crippen LogP contribution in [0.15, 0.2) is 65.1 Å². The zero-order valence-electron chi connectivity index (χ0n) is 19.0. The highest BCUT2D eigenvalue weighted by atomic mass is 35.5. The molecule has 2 N–H and O–H groups in total. The summed E-state index contributed by atoms with van der Waals surface area (Å²) in [5.74, 6) is -0.212. The van der Waals surface area contributed by atoms with Crippen LogP contribution in [0.3, 0.4) is 0 Å². The highest BCUT2D eigenvalue weighted by Gasteiger charge is 2.22. The first-order valence-electron chi connectivity index (χ1n) is 10.9. The molecule has 0 bridgehead atoms. The van der Waals surface area contributed by atoms with Gasteiger partial charge in [-0.05, 0) is 66.1 Å². The normalized spacial score (nSPS) is 11.1. The zero-order chi connectivity index (χ0) is 24.4. The molecule has 3 aromatic carbocycles. The van der Waals surface area contributed by atoms with E-state index in [2.05, 4.69) is 10.6 Å². The van der Waals surface area contributed by atoms with Gasteiger partial charge in [0.15, 0.2) is 0 Å². The number of amides is 2. The maximum absolute atomic E-state index is 13.4. The molecule has 5 nitrogen and oxygen atoms in total. The van der Waals surface area contributed by atoms with Gasteiger partial charge >= 0.3 is 0 Å². The van der Waals surface area contributed by atoms with E-state index in [0.717, 1.165) is 5.56 Å². The van der Waals surface area contributed by atoms with E-state index in [1.807, 2.05) is 26.0 Å². The first-order valence-corrected chi connectivity index (χ1v) is 11.3. The smallest absolute Gasteiger partial charge is 0.255 e. The summed E-state index contributed by atoms with van der Waals surface area (Å²) in [7, 11) is 1.54. The third-order valence-corrected chi connectivity index (χ3v) is 5.79. The number of carbonyl (C=O) groups excluding carboxylic acids is 2. The first-order chi connectivity index (χ1) is 16.3. The first kappa shape index (κ1) is 23.5. The molecule has 4 rings (SSSR count). The van der Waals surface area contributed by atoms with E-state index in [1.54, 1.807) is 36.4 Å². The Kier molecular flexibility index (Phi) is 6.70. The summed E-state index contributed by atoms with van der Waals surface area (Å²) in [6.45, 7) is 4.62. The molecule has 0 saturated carbocycles. The van der Waals surface area contributed by atoms with E-state index in [4.69, 9.17) is 16.0 Å². The summed E-state index contributed by atoms with van der Waals surface area (Å²) in [5, 5.41) is 6.61. The number of furan rings is 1. The quantitative estimate of drug-likeness (QED) is 0.341. The van der Waals surface area contributed by atoms with Crippen molar-refractivity contribution in [1.29, 1.82) is 0 Å². The average Bonchev–Trinajstić information content (AvgIpc) is 3.21. The standard InChI is InChI=1S/C27H24ClFN2O3/c1-15(2)14-31-26(32)18-6-10-22(28)20(13-18)17-7-11-23-21(12-17)24(27(33)30-3)25(34-23)16-4-8-19(29)9-5-16/h4-13,15H,14H2,1-3H3,(H,30,33)(H,31,32). The average molecular weight is 479 g/mol. The Bertz CT molecular complexity index is 1380. The number of nitrogens with one attached hydrogen (secondary N) is 2. The monoisotopic (exact) mass is 478 g/mol. The highest BCUT2D eigenvalue weighted by molar-refractivity contribution is 6.33. The number of fused-ring (bicyclic) bond motifs is 1. The Morgan fingerprint density at radius 1 is 0.971 bits per heavy atom. The lowest BCUT2D eigenvalue weighted by molar-refractivity contribution is 0.0945. The molecular weight excluding hydrogens is 455 g/mol. The summed E-state index contributed by atoms with van der Waals surface area (Å²) in [6, 6.07) is 16.3. The Hall–Kier alpha value is -3.64. The summed E-state index contributed by atoms with van der Waals surface area (Å²) in [6.07, 6.45) is 0. The topological polar surface area (TPSA) is 71.3 Å². The molecule has 0 fully saturated rings. The van der Waals surface area contributed by atoms with Crippen molar-refractivity contribution in [3.8, 4) is 22.5 Å². The van der Waals surface area contributed by atoms with Crippen molar-refractivity contribution in [3.63, 3.8) is 0 Å². The van der Waals surface area contributed by atoms with Crippen LogP contribution in [-0.2, 0) is 0 Å². The van der Waals surface area contributed by atoms with Crippen LogP contribution in [0.25, 0.3) is 33.4 Å². The summed E-state index contributed by atoms with van der Waals surface area (Å²) in [5.41, 5.74) is 3.31. The van der Waals surface area contributed by atoms with Crippen molar-refractivity contribution in [2.75, 3.05) is 13.6 Å². The molecule has 4 aromatic rings. The third kappa shape index (κ3) is 4.68. The van der Waals surface area contributed by atoms with Gasteiger partial charge in [0, 0.05) is 40.7 Å². The minimum absolute atomic E-state index is 0.180. The molecule has 0 aliphatic rings. The second-order valence-electron chi connectivity index (χ2n) is 8.40. The third-order valence-electron chi connectivity index (χ3n) is 5.46. The molecule has 174 valence electrons. The largest absolute Gasteiger partial charge is 0.455 e. The molecule has 7 heteroatoms. The van der Waals surface area contributed by atoms with Crippen molar-refractivity contribution in [3.05, 3.63) is 82.6 Å². The van der Waals surface area contributed by atoms with Gasteiger partial charge in [-0.3, -0.25) is 9.59 Å². The van der Waals surface area contributed by atoms with Gasteiger partial charge in [-0.2, -0.15) is 0 Å². The van der Waals surface area contributed by atoms with Gasteiger partial charge in [-0.1, -0.05) is 31.5 Å². The lowest BCUT2D eigenvalue weighted by Crippen LogP contribution is -2.27. The molecule has 0 aliphatic heterocycles. The van der Waals surface area contributed by atoms with E-state index < -0.39 is 0 Å². The summed E-state index contributed by atoms with van der Waals surface area (Å²) < 4.78 is 19.4. The molecule has 0 saturated heterocycles. The van der Waals surface area contributed by atoms with Gasteiger partial charge in [0.25, 0.3) is 11.8 Å². The van der Waals surface area contributed by atoms with Gasteiger partial charge in [-0.25, -0.2) is 4.39 Å². The molecule has 1 aromatic heterocycles. The van der Waals surface area contributed by atoms with Crippen molar-refractivity contribution >= 4 is 34.4 Å². The van der Waals surface area contributed by atoms with Crippen molar-refractivity contribution in [2.24, 2.45) is 5.92 Å². The second-order valence-corrected chi connectivity index (χ2v) is 8.81. The Balaban J connectivity index is 1.82. The van der Waals surface area contributed by atoms with E-state index in [9.17, 15) is 14.0 Å². The molecular formula is C27H24ClFN2O3. The molecule has 0 atom stereocenters. The van der Waals surface area contributed by atoms with Crippen LogP contribution in [-0.4, -0.2) is 25.4 Å². The number of hydrogen-bond donors (Lipinski definition) is 2. The van der Waals surface area contributed by atoms with Crippen molar-refractivity contribution < 1.29 is 18.4 Å². The number of benzene rings is 3. The number of hydrogen-bond acceptors (Lipinski definition) is 3. The number of halogens is 2. The maximum atomic E-state index is 13.4. The van der Waals surface area contributed by atoms with Gasteiger partial charge in [0.05, 0.1) is 5.56 Å². The van der Waals surface area contributed by atoms with Crippen LogP contribution in [0.5, 0.6) is 0 Å². The zero-order valence-corrected chi connectivity index (χ0v) is 19.8. The van der Waals surface area contributed by atoms with Gasteiger partial charge < -0.3 is 15.1 Å². The lowest BCUT2D eigenvalue weighted by atomic mass is 9.98. The van der Waals surface area contributed by atoms with Crippen LogP contribution < -0.4 is 10.6 Å². The Morgan fingerprint density at radius 3 is 2.35 bits per heavy atom. The van der Waals surface area contributed by atoms with Gasteiger partial charge in [0.2, 0.25) is 0 Å². The van der Waals surface area contributed by atoms with Crippen LogP contribution in [0.1, 0.15) is 34.6 Å². The fraction of sp³-hybridized carbons (Fsp3) is 0.185. The predicted molar refractivity (Wildman–Crippen MR) is 133 cm³/mol. The Morgan fingerprint density at radius 2 is 1.68 bits per heavy atom.